The van der Waals surface area contributed by atoms with Crippen LogP contribution in [0.3, 0.4) is 0 Å². The van der Waals surface area contributed by atoms with Crippen molar-refractivity contribution in [2.75, 3.05) is 19.6 Å². The van der Waals surface area contributed by atoms with Crippen LogP contribution in [0.2, 0.25) is 0 Å². The van der Waals surface area contributed by atoms with E-state index in [1.54, 1.807) is 12.4 Å². The van der Waals surface area contributed by atoms with Crippen LogP contribution in [0.1, 0.15) is 12.1 Å². The van der Waals surface area contributed by atoms with E-state index in [0.29, 0.717) is 0 Å². The zero-order valence-corrected chi connectivity index (χ0v) is 11.8. The second-order valence-corrected chi connectivity index (χ2v) is 5.21. The van der Waals surface area contributed by atoms with Crippen molar-refractivity contribution >= 4 is 0 Å². The Morgan fingerprint density at radius 2 is 2.30 bits per heavy atom. The number of hydrogen-bond acceptors (Lipinski definition) is 4. The normalized spacial score (nSPS) is 19.4. The Balaban J connectivity index is 1.46. The molecule has 106 valence electrons. The summed E-state index contributed by atoms with van der Waals surface area (Å²) < 4.78 is 7.89. The van der Waals surface area contributed by atoms with Crippen molar-refractivity contribution in [1.29, 1.82) is 0 Å². The van der Waals surface area contributed by atoms with E-state index in [0.717, 1.165) is 38.2 Å². The average Bonchev–Trinajstić information content (AvgIpc) is 3.07. The van der Waals surface area contributed by atoms with Crippen LogP contribution in [0.5, 0.6) is 5.75 Å². The number of aromatic nitrogens is 3. The van der Waals surface area contributed by atoms with Gasteiger partial charge in [0, 0.05) is 51.2 Å². The van der Waals surface area contributed by atoms with E-state index in [4.69, 9.17) is 4.74 Å². The zero-order valence-electron chi connectivity index (χ0n) is 11.8. The van der Waals surface area contributed by atoms with Crippen LogP contribution in [0.4, 0.5) is 0 Å². The van der Waals surface area contributed by atoms with Gasteiger partial charge < -0.3 is 4.74 Å². The lowest BCUT2D eigenvalue weighted by Crippen LogP contribution is -2.27. The number of likely N-dealkylation sites (tertiary alicyclic amines) is 1. The lowest BCUT2D eigenvalue weighted by atomic mass is 10.3. The first-order valence-electron chi connectivity index (χ1n) is 7.07. The van der Waals surface area contributed by atoms with Gasteiger partial charge in [-0.2, -0.15) is 5.10 Å². The van der Waals surface area contributed by atoms with Crippen LogP contribution in [-0.2, 0) is 13.5 Å². The van der Waals surface area contributed by atoms with Gasteiger partial charge in [0.05, 0.1) is 6.20 Å². The highest BCUT2D eigenvalue weighted by atomic mass is 16.5. The molecule has 1 fully saturated rings. The Hall–Kier alpha value is -1.88. The van der Waals surface area contributed by atoms with E-state index in [2.05, 4.69) is 21.0 Å². The van der Waals surface area contributed by atoms with E-state index < -0.39 is 0 Å². The number of hydrogen-bond donors (Lipinski definition) is 0. The maximum Gasteiger partial charge on any atom is 0.138 e. The van der Waals surface area contributed by atoms with Gasteiger partial charge in [0.25, 0.3) is 0 Å². The SMILES string of the molecule is Cn1nccc1CCN1CCC(Oc2cccnc2)C1. The summed E-state index contributed by atoms with van der Waals surface area (Å²) in [5.41, 5.74) is 1.28. The van der Waals surface area contributed by atoms with E-state index in [1.165, 1.54) is 5.69 Å². The first-order chi connectivity index (χ1) is 9.81. The maximum atomic E-state index is 5.94. The Morgan fingerprint density at radius 1 is 1.35 bits per heavy atom. The Morgan fingerprint density at radius 3 is 3.05 bits per heavy atom. The summed E-state index contributed by atoms with van der Waals surface area (Å²) in [5, 5.41) is 4.20. The summed E-state index contributed by atoms with van der Waals surface area (Å²) in [5.74, 6) is 0.867. The Bertz CT molecular complexity index is 540. The van der Waals surface area contributed by atoms with Gasteiger partial charge in [-0.05, 0) is 24.6 Å². The first-order valence-corrected chi connectivity index (χ1v) is 7.07. The van der Waals surface area contributed by atoms with E-state index >= 15 is 0 Å². The summed E-state index contributed by atoms with van der Waals surface area (Å²) in [6.45, 7) is 3.15. The highest BCUT2D eigenvalue weighted by molar-refractivity contribution is 5.16. The molecule has 1 saturated heterocycles. The minimum atomic E-state index is 0.283. The minimum Gasteiger partial charge on any atom is -0.487 e. The van der Waals surface area contributed by atoms with Crippen molar-refractivity contribution in [2.45, 2.75) is 18.9 Å². The molecule has 2 aromatic heterocycles. The molecule has 0 amide bonds. The molecule has 3 heterocycles. The first kappa shape index (κ1) is 13.1. The molecule has 1 unspecified atom stereocenters. The molecule has 0 aromatic carbocycles. The highest BCUT2D eigenvalue weighted by Gasteiger charge is 2.23. The molecule has 20 heavy (non-hydrogen) atoms. The molecule has 1 aliphatic rings. The van der Waals surface area contributed by atoms with Crippen LogP contribution in [0, 0.1) is 0 Å². The van der Waals surface area contributed by atoms with Gasteiger partial charge in [0.2, 0.25) is 0 Å². The Kier molecular flexibility index (Phi) is 3.97. The molecule has 0 N–H and O–H groups in total. The second-order valence-electron chi connectivity index (χ2n) is 5.21. The summed E-state index contributed by atoms with van der Waals surface area (Å²) in [7, 11) is 1.99. The number of nitrogens with zero attached hydrogens (tertiary/aromatic N) is 4. The van der Waals surface area contributed by atoms with Crippen LogP contribution in [0.15, 0.2) is 36.8 Å². The van der Waals surface area contributed by atoms with E-state index in [9.17, 15) is 0 Å². The monoisotopic (exact) mass is 272 g/mol. The summed E-state index contributed by atoms with van der Waals surface area (Å²) in [6, 6.07) is 5.95. The lowest BCUT2D eigenvalue weighted by Gasteiger charge is -2.16. The van der Waals surface area contributed by atoms with E-state index in [1.807, 2.05) is 30.1 Å². The third kappa shape index (κ3) is 3.17. The van der Waals surface area contributed by atoms with Crippen LogP contribution >= 0.6 is 0 Å². The Labute approximate surface area is 119 Å². The van der Waals surface area contributed by atoms with Gasteiger partial charge >= 0.3 is 0 Å². The van der Waals surface area contributed by atoms with Crippen LogP contribution in [0.25, 0.3) is 0 Å². The third-order valence-corrected chi connectivity index (χ3v) is 3.77. The lowest BCUT2D eigenvalue weighted by molar-refractivity contribution is 0.200. The number of ether oxygens (including phenoxy) is 1. The number of aryl methyl sites for hydroxylation is 1. The maximum absolute atomic E-state index is 5.94. The van der Waals surface area contributed by atoms with Gasteiger partial charge in [0.15, 0.2) is 0 Å². The second kappa shape index (κ2) is 6.05. The van der Waals surface area contributed by atoms with Gasteiger partial charge in [-0.3, -0.25) is 14.6 Å². The molecule has 0 aliphatic carbocycles. The smallest absolute Gasteiger partial charge is 0.138 e. The zero-order chi connectivity index (χ0) is 13.8. The molecule has 0 radical (unpaired) electrons. The molecular formula is C15H20N4O. The van der Waals surface area contributed by atoms with Gasteiger partial charge in [-0.1, -0.05) is 0 Å². The summed E-state index contributed by atoms with van der Waals surface area (Å²) >= 11 is 0. The van der Waals surface area contributed by atoms with Gasteiger partial charge in [-0.15, -0.1) is 0 Å². The molecule has 0 spiro atoms. The van der Waals surface area contributed by atoms with Crippen molar-refractivity contribution in [1.82, 2.24) is 19.7 Å². The number of rotatable bonds is 5. The van der Waals surface area contributed by atoms with Crippen molar-refractivity contribution < 1.29 is 4.74 Å². The molecule has 0 saturated carbocycles. The topological polar surface area (TPSA) is 43.2 Å². The fourth-order valence-electron chi connectivity index (χ4n) is 2.62. The molecule has 1 atom stereocenters. The van der Waals surface area contributed by atoms with Gasteiger partial charge in [0.1, 0.15) is 11.9 Å². The van der Waals surface area contributed by atoms with Crippen molar-refractivity contribution in [2.24, 2.45) is 7.05 Å². The average molecular weight is 272 g/mol. The minimum absolute atomic E-state index is 0.283. The van der Waals surface area contributed by atoms with Crippen molar-refractivity contribution in [3.05, 3.63) is 42.5 Å². The quantitative estimate of drug-likeness (QED) is 0.827. The summed E-state index contributed by atoms with van der Waals surface area (Å²) in [4.78, 5) is 6.53. The largest absolute Gasteiger partial charge is 0.487 e. The molecule has 0 bridgehead atoms. The van der Waals surface area contributed by atoms with Crippen LogP contribution < -0.4 is 4.74 Å². The molecule has 5 heteroatoms. The van der Waals surface area contributed by atoms with Gasteiger partial charge in [-0.25, -0.2) is 0 Å². The summed E-state index contributed by atoms with van der Waals surface area (Å²) in [6.07, 6.45) is 7.80. The van der Waals surface area contributed by atoms with Crippen LogP contribution in [-0.4, -0.2) is 45.4 Å². The highest BCUT2D eigenvalue weighted by Crippen LogP contribution is 2.17. The third-order valence-electron chi connectivity index (χ3n) is 3.77. The fourth-order valence-corrected chi connectivity index (χ4v) is 2.62. The van der Waals surface area contributed by atoms with Crippen molar-refractivity contribution in [3.63, 3.8) is 0 Å². The predicted octanol–water partition coefficient (Wildman–Crippen LogP) is 1.51. The number of pyridine rings is 1. The van der Waals surface area contributed by atoms with Crippen molar-refractivity contribution in [3.8, 4) is 5.75 Å². The predicted molar refractivity (Wildman–Crippen MR) is 76.6 cm³/mol. The molecule has 3 rings (SSSR count). The fraction of sp³-hybridized carbons (Fsp3) is 0.467. The molecule has 1 aliphatic heterocycles. The van der Waals surface area contributed by atoms with E-state index in [-0.39, 0.29) is 6.10 Å². The molecular weight excluding hydrogens is 252 g/mol. The molecule has 5 nitrogen and oxygen atoms in total. The molecule has 2 aromatic rings. The standard InChI is InChI=1S/C15H20N4O/c1-18-13(4-8-17-18)5-9-19-10-6-15(12-19)20-14-3-2-7-16-11-14/h2-4,7-8,11,15H,5-6,9-10,12H2,1H3.